The molecular formula is C29H29ClN4O6S. The maximum atomic E-state index is 13.3. The van der Waals surface area contributed by atoms with Crippen LogP contribution in [0.1, 0.15) is 21.5 Å². The van der Waals surface area contributed by atoms with Crippen LogP contribution in [0.4, 0.5) is 11.4 Å². The van der Waals surface area contributed by atoms with Gasteiger partial charge in [0.15, 0.2) is 21.3 Å². The van der Waals surface area contributed by atoms with Crippen LogP contribution >= 0.6 is 11.6 Å². The summed E-state index contributed by atoms with van der Waals surface area (Å²) in [5, 5.41) is 6.16. The summed E-state index contributed by atoms with van der Waals surface area (Å²) in [4.78, 5) is 30.2. The maximum Gasteiger partial charge on any atom is 0.254 e. The fourth-order valence-corrected chi connectivity index (χ4v) is 7.12. The normalized spacial score (nSPS) is 18.4. The van der Waals surface area contributed by atoms with Gasteiger partial charge in [0.25, 0.3) is 5.91 Å². The lowest BCUT2D eigenvalue weighted by Crippen LogP contribution is -2.48. The molecule has 0 aromatic heterocycles. The summed E-state index contributed by atoms with van der Waals surface area (Å²) in [6.45, 7) is 3.62. The zero-order chi connectivity index (χ0) is 28.6. The molecule has 3 aromatic rings. The van der Waals surface area contributed by atoms with Gasteiger partial charge in [0.2, 0.25) is 12.7 Å². The van der Waals surface area contributed by atoms with E-state index in [-0.39, 0.29) is 24.2 Å². The molecule has 1 fully saturated rings. The molecule has 1 saturated heterocycles. The van der Waals surface area contributed by atoms with E-state index in [0.29, 0.717) is 40.6 Å². The number of carbonyl (C=O) groups excluding carboxylic acids is 2. The highest BCUT2D eigenvalue weighted by atomic mass is 35.5. The first-order valence-electron chi connectivity index (χ1n) is 13.3. The van der Waals surface area contributed by atoms with Crippen molar-refractivity contribution in [1.82, 2.24) is 9.80 Å². The second-order valence-electron chi connectivity index (χ2n) is 10.3. The van der Waals surface area contributed by atoms with Crippen molar-refractivity contribution in [2.75, 3.05) is 49.4 Å². The SMILES string of the molecule is O=C1Nc2cc(C(=O)N3CCN(Cc4ccc5c(c4)OCO5)CC3)ccc2N[C@@H]1CS(=O)(=O)Cc1ccccc1Cl. The number of fused-ring (bicyclic) bond motifs is 2. The van der Waals surface area contributed by atoms with E-state index < -0.39 is 21.8 Å². The lowest BCUT2D eigenvalue weighted by molar-refractivity contribution is -0.116. The van der Waals surface area contributed by atoms with Gasteiger partial charge in [-0.15, -0.1) is 0 Å². The Hall–Kier alpha value is -3.80. The number of ether oxygens (including phenoxy) is 2. The van der Waals surface area contributed by atoms with Crippen molar-refractivity contribution in [1.29, 1.82) is 0 Å². The predicted octanol–water partition coefficient (Wildman–Crippen LogP) is 3.37. The van der Waals surface area contributed by atoms with Crippen molar-refractivity contribution < 1.29 is 27.5 Å². The van der Waals surface area contributed by atoms with E-state index in [1.807, 2.05) is 18.2 Å². The van der Waals surface area contributed by atoms with Crippen LogP contribution in [0.15, 0.2) is 60.7 Å². The number of nitrogens with zero attached hydrogens (tertiary/aromatic N) is 2. The van der Waals surface area contributed by atoms with Crippen LogP contribution in [0, 0.1) is 0 Å². The summed E-state index contributed by atoms with van der Waals surface area (Å²) in [5.74, 6) is 0.282. The summed E-state index contributed by atoms with van der Waals surface area (Å²) in [5.41, 5.74) is 3.08. The Bertz CT molecular complexity index is 1610. The van der Waals surface area contributed by atoms with Crippen molar-refractivity contribution >= 4 is 44.6 Å². The van der Waals surface area contributed by atoms with Gasteiger partial charge in [-0.3, -0.25) is 14.5 Å². The van der Waals surface area contributed by atoms with Gasteiger partial charge in [-0.1, -0.05) is 35.9 Å². The highest BCUT2D eigenvalue weighted by Gasteiger charge is 2.31. The third-order valence-electron chi connectivity index (χ3n) is 7.43. The molecule has 41 heavy (non-hydrogen) atoms. The number of anilines is 2. The number of carbonyl (C=O) groups is 2. The highest BCUT2D eigenvalue weighted by Crippen LogP contribution is 2.33. The second kappa shape index (κ2) is 11.2. The first kappa shape index (κ1) is 27.4. The number of halogens is 1. The molecule has 3 heterocycles. The van der Waals surface area contributed by atoms with Gasteiger partial charge < -0.3 is 25.0 Å². The van der Waals surface area contributed by atoms with Crippen LogP contribution in [-0.2, 0) is 26.9 Å². The smallest absolute Gasteiger partial charge is 0.254 e. The molecule has 3 aliphatic rings. The quantitative estimate of drug-likeness (QED) is 0.426. The van der Waals surface area contributed by atoms with Crippen LogP contribution in [0.25, 0.3) is 0 Å². The molecule has 0 unspecified atom stereocenters. The lowest BCUT2D eigenvalue weighted by atomic mass is 10.1. The number of hydrogen-bond donors (Lipinski definition) is 2. The molecule has 1 atom stereocenters. The minimum absolute atomic E-state index is 0.116. The first-order chi connectivity index (χ1) is 19.7. The van der Waals surface area contributed by atoms with E-state index in [2.05, 4.69) is 15.5 Å². The van der Waals surface area contributed by atoms with Crippen molar-refractivity contribution in [3.05, 3.63) is 82.4 Å². The van der Waals surface area contributed by atoms with E-state index in [1.165, 1.54) is 0 Å². The van der Waals surface area contributed by atoms with E-state index in [0.717, 1.165) is 36.7 Å². The van der Waals surface area contributed by atoms with Crippen molar-refractivity contribution in [2.24, 2.45) is 0 Å². The average Bonchev–Trinajstić information content (AvgIpc) is 3.42. The standard InChI is InChI=1S/C29H29ClN4O6S/c30-22-4-2-1-3-21(22)16-41(37,38)17-25-28(35)32-24-14-20(6-7-23(24)31-25)29(36)34-11-9-33(10-12-34)15-19-5-8-26-27(13-19)40-18-39-26/h1-8,13-14,25,31H,9-12,15-18H2,(H,32,35)/t25-/m1/s1. The first-order valence-corrected chi connectivity index (χ1v) is 15.5. The molecule has 3 aliphatic heterocycles. The number of rotatable bonds is 7. The maximum absolute atomic E-state index is 13.3. The van der Waals surface area contributed by atoms with Crippen LogP contribution in [0.3, 0.4) is 0 Å². The molecule has 0 radical (unpaired) electrons. The highest BCUT2D eigenvalue weighted by molar-refractivity contribution is 7.90. The van der Waals surface area contributed by atoms with Crippen LogP contribution < -0.4 is 20.1 Å². The number of sulfone groups is 1. The second-order valence-corrected chi connectivity index (χ2v) is 12.9. The van der Waals surface area contributed by atoms with Gasteiger partial charge in [0.05, 0.1) is 22.9 Å². The van der Waals surface area contributed by atoms with E-state index >= 15 is 0 Å². The van der Waals surface area contributed by atoms with Gasteiger partial charge >= 0.3 is 0 Å². The van der Waals surface area contributed by atoms with Gasteiger partial charge in [0.1, 0.15) is 6.04 Å². The summed E-state index contributed by atoms with van der Waals surface area (Å²) >= 11 is 6.12. The third kappa shape index (κ3) is 6.12. The van der Waals surface area contributed by atoms with Gasteiger partial charge in [-0.05, 0) is 47.5 Å². The zero-order valence-corrected chi connectivity index (χ0v) is 23.7. The molecular weight excluding hydrogens is 568 g/mol. The fourth-order valence-electron chi connectivity index (χ4n) is 5.25. The fraction of sp³-hybridized carbons (Fsp3) is 0.310. The third-order valence-corrected chi connectivity index (χ3v) is 9.39. The minimum Gasteiger partial charge on any atom is -0.454 e. The lowest BCUT2D eigenvalue weighted by Gasteiger charge is -2.35. The summed E-state index contributed by atoms with van der Waals surface area (Å²) < 4.78 is 36.5. The molecule has 0 spiro atoms. The van der Waals surface area contributed by atoms with E-state index in [1.54, 1.807) is 47.4 Å². The molecule has 0 aliphatic carbocycles. The van der Waals surface area contributed by atoms with Crippen molar-refractivity contribution in [2.45, 2.75) is 18.3 Å². The number of benzene rings is 3. The van der Waals surface area contributed by atoms with Crippen molar-refractivity contribution in [3.8, 4) is 11.5 Å². The predicted molar refractivity (Wildman–Crippen MR) is 155 cm³/mol. The van der Waals surface area contributed by atoms with Crippen molar-refractivity contribution in [3.63, 3.8) is 0 Å². The molecule has 12 heteroatoms. The Morgan fingerprint density at radius 3 is 2.54 bits per heavy atom. The Kier molecular flexibility index (Phi) is 7.50. The van der Waals surface area contributed by atoms with Gasteiger partial charge in [-0.2, -0.15) is 0 Å². The van der Waals surface area contributed by atoms with E-state index in [4.69, 9.17) is 21.1 Å². The molecule has 214 valence electrons. The van der Waals surface area contributed by atoms with Crippen LogP contribution in [0.5, 0.6) is 11.5 Å². The Balaban J connectivity index is 1.05. The molecule has 10 nitrogen and oxygen atoms in total. The summed E-state index contributed by atoms with van der Waals surface area (Å²) in [7, 11) is -3.64. The number of amides is 2. The molecule has 3 aromatic carbocycles. The minimum atomic E-state index is -3.64. The van der Waals surface area contributed by atoms with Crippen LogP contribution in [0.2, 0.25) is 5.02 Å². The Labute approximate surface area is 243 Å². The Morgan fingerprint density at radius 2 is 1.73 bits per heavy atom. The number of hydrogen-bond acceptors (Lipinski definition) is 8. The molecule has 2 amide bonds. The molecule has 2 N–H and O–H groups in total. The van der Waals surface area contributed by atoms with Gasteiger partial charge in [-0.25, -0.2) is 8.42 Å². The topological polar surface area (TPSA) is 117 Å². The summed E-state index contributed by atoms with van der Waals surface area (Å²) in [6, 6.07) is 16.7. The van der Waals surface area contributed by atoms with Gasteiger partial charge in [0, 0.05) is 43.3 Å². The monoisotopic (exact) mass is 596 g/mol. The molecule has 0 saturated carbocycles. The summed E-state index contributed by atoms with van der Waals surface area (Å²) in [6.07, 6.45) is 0. The average molecular weight is 597 g/mol. The van der Waals surface area contributed by atoms with Crippen LogP contribution in [-0.4, -0.2) is 74.8 Å². The molecule has 0 bridgehead atoms. The Morgan fingerprint density at radius 1 is 0.951 bits per heavy atom. The number of nitrogens with one attached hydrogen (secondary N) is 2. The van der Waals surface area contributed by atoms with E-state index in [9.17, 15) is 18.0 Å². The molecule has 6 rings (SSSR count). The largest absolute Gasteiger partial charge is 0.454 e. The zero-order valence-electron chi connectivity index (χ0n) is 22.1. The number of piperazine rings is 1.